The van der Waals surface area contributed by atoms with Gasteiger partial charge in [-0.15, -0.1) is 0 Å². The average molecular weight is 329 g/mol. The van der Waals surface area contributed by atoms with Crippen molar-refractivity contribution >= 4 is 5.97 Å². The first kappa shape index (κ1) is 36.7. The van der Waals surface area contributed by atoms with E-state index in [1.165, 1.54) is 6.08 Å². The van der Waals surface area contributed by atoms with Crippen molar-refractivity contribution in [3.05, 3.63) is 19.6 Å². The molecule has 0 unspecified atom stereocenters. The molecule has 0 aromatic rings. The van der Waals surface area contributed by atoms with Crippen molar-refractivity contribution in [3.8, 4) is 0 Å². The fourth-order valence-electron chi connectivity index (χ4n) is 0. The quantitative estimate of drug-likeness (QED) is 0.404. The van der Waals surface area contributed by atoms with Gasteiger partial charge >= 0.3 is 0 Å². The van der Waals surface area contributed by atoms with Crippen LogP contribution in [0.25, 0.3) is 0 Å². The fourth-order valence-corrected chi connectivity index (χ4v) is 0. The Morgan fingerprint density at radius 3 is 0.950 bits per heavy atom. The number of hydrogen-bond donors (Lipinski definition) is 4. The molecule has 0 saturated carbocycles. The van der Waals surface area contributed by atoms with Crippen molar-refractivity contribution in [2.24, 2.45) is 0 Å². The van der Waals surface area contributed by atoms with Gasteiger partial charge in [0.1, 0.15) is 0 Å². The number of aliphatic hydroxyl groups excluding tert-OH is 3. The van der Waals surface area contributed by atoms with Gasteiger partial charge in [0.2, 0.25) is 0 Å². The molecule has 0 aliphatic carbocycles. The third-order valence-corrected chi connectivity index (χ3v) is 0. The zero-order valence-corrected chi connectivity index (χ0v) is 15.5. The molecule has 5 nitrogen and oxygen atoms in total. The number of hydrogen-bond acceptors (Lipinski definition) is 4. The van der Waals surface area contributed by atoms with E-state index in [0.29, 0.717) is 0 Å². The predicted molar refractivity (Wildman–Crippen MR) is 80.9 cm³/mol. The number of carbonyl (C=O) groups is 1. The van der Waals surface area contributed by atoms with Crippen LogP contribution in [0.4, 0.5) is 0 Å². The van der Waals surface area contributed by atoms with Gasteiger partial charge in [-0.1, -0.05) is 0 Å². The first-order valence-corrected chi connectivity index (χ1v) is 5.98. The van der Waals surface area contributed by atoms with E-state index in [4.69, 9.17) is 25.2 Å². The second-order valence-corrected chi connectivity index (χ2v) is 4.09. The molecule has 4 N–H and O–H groups in total. The minimum atomic E-state index is -0.833. The standard InChI is InChI=1S/3C3H8O.C3H5.C2H4O2.Ti/c3*1-3(2)4;1-3-2;1-2(3)4;/h3*3-4H,1-2H3;3H,1-2H2;1H3,(H,3,4);/q;;;-1;;. The summed E-state index contributed by atoms with van der Waals surface area (Å²) in [6.45, 7) is 17.9. The Morgan fingerprint density at radius 1 is 0.950 bits per heavy atom. The third kappa shape index (κ3) is 46300. The molecule has 6 heteroatoms. The SMILES string of the molecule is C=C[CH2-].CC(=O)O.CC(C)O.CC(C)O.CC(C)O.[Ti]. The van der Waals surface area contributed by atoms with E-state index in [2.05, 4.69) is 13.5 Å². The molecule has 0 bridgehead atoms. The Labute approximate surface area is 139 Å². The van der Waals surface area contributed by atoms with Gasteiger partial charge in [0.05, 0.1) is 0 Å². The zero-order chi connectivity index (χ0) is 17.0. The van der Waals surface area contributed by atoms with E-state index in [-0.39, 0.29) is 40.0 Å². The Balaban J connectivity index is -0.0000000304. The normalized spacial score (nSPS) is 7.25. The molecule has 0 aliphatic heterocycles. The average Bonchev–Trinajstić information content (AvgIpc) is 1.97. The number of carboxylic acids is 1. The van der Waals surface area contributed by atoms with Gasteiger partial charge in [0.25, 0.3) is 5.97 Å². The summed E-state index contributed by atoms with van der Waals surface area (Å²) in [5.74, 6) is -0.833. The summed E-state index contributed by atoms with van der Waals surface area (Å²) >= 11 is 0. The van der Waals surface area contributed by atoms with Gasteiger partial charge in [0.15, 0.2) is 0 Å². The maximum absolute atomic E-state index is 9.00. The fraction of sp³-hybridized carbons (Fsp3) is 0.714. The minimum Gasteiger partial charge on any atom is -0.481 e. The van der Waals surface area contributed by atoms with Crippen LogP contribution in [0.1, 0.15) is 48.5 Å². The Hall–Kier alpha value is -0.326. The molecule has 0 aromatic heterocycles. The minimum absolute atomic E-state index is 0. The van der Waals surface area contributed by atoms with E-state index < -0.39 is 5.97 Å². The molecule has 20 heavy (non-hydrogen) atoms. The first-order valence-electron chi connectivity index (χ1n) is 5.98. The monoisotopic (exact) mass is 329 g/mol. The Bertz CT molecular complexity index is 133. The molecule has 0 fully saturated rings. The second kappa shape index (κ2) is 36.3. The van der Waals surface area contributed by atoms with Crippen molar-refractivity contribution < 1.29 is 46.9 Å². The van der Waals surface area contributed by atoms with E-state index >= 15 is 0 Å². The van der Waals surface area contributed by atoms with Crippen LogP contribution in [0, 0.1) is 6.92 Å². The zero-order valence-electron chi connectivity index (χ0n) is 13.9. The van der Waals surface area contributed by atoms with Crippen molar-refractivity contribution in [3.63, 3.8) is 0 Å². The number of rotatable bonds is 0. The molecule has 124 valence electrons. The summed E-state index contributed by atoms with van der Waals surface area (Å²) in [6.07, 6.45) is 1.000. The van der Waals surface area contributed by atoms with Gasteiger partial charge in [-0.2, -0.15) is 0 Å². The summed E-state index contributed by atoms with van der Waals surface area (Å²) < 4.78 is 0. The van der Waals surface area contributed by atoms with Gasteiger partial charge < -0.3 is 20.4 Å². The largest absolute Gasteiger partial charge is 0.481 e. The van der Waals surface area contributed by atoms with E-state index in [1.54, 1.807) is 41.5 Å². The molecule has 0 aliphatic rings. The summed E-state index contributed by atoms with van der Waals surface area (Å²) in [7, 11) is 0. The molecule has 0 spiro atoms. The van der Waals surface area contributed by atoms with Gasteiger partial charge in [0, 0.05) is 47.0 Å². The molecule has 0 atom stereocenters. The topological polar surface area (TPSA) is 98.0 Å². The summed E-state index contributed by atoms with van der Waals surface area (Å²) in [5, 5.41) is 31.6. The van der Waals surface area contributed by atoms with Crippen molar-refractivity contribution in [1.29, 1.82) is 0 Å². The molecule has 0 radical (unpaired) electrons. The summed E-state index contributed by atoms with van der Waals surface area (Å²) in [4.78, 5) is 9.00. The number of allylic oxidation sites excluding steroid dienone is 1. The van der Waals surface area contributed by atoms with Crippen LogP contribution in [0.3, 0.4) is 0 Å². The molecule has 0 aromatic carbocycles. The Morgan fingerprint density at radius 2 is 0.950 bits per heavy atom. The molecular formula is C14H33O5Ti-. The van der Waals surface area contributed by atoms with Crippen LogP contribution in [0.5, 0.6) is 0 Å². The van der Waals surface area contributed by atoms with E-state index in [9.17, 15) is 0 Å². The van der Waals surface area contributed by atoms with Crippen LogP contribution in [-0.4, -0.2) is 44.7 Å². The predicted octanol–water partition coefficient (Wildman–Crippen LogP) is 2.26. The van der Waals surface area contributed by atoms with E-state index in [1.807, 2.05) is 0 Å². The number of carboxylic acid groups (broad SMARTS) is 1. The van der Waals surface area contributed by atoms with Gasteiger partial charge in [-0.3, -0.25) is 4.79 Å². The first-order chi connectivity index (χ1) is 8.34. The Kier molecular flexibility index (Phi) is 66.6. The van der Waals surface area contributed by atoms with Crippen LogP contribution in [0.15, 0.2) is 12.7 Å². The number of aliphatic carboxylic acids is 1. The molecule has 0 saturated heterocycles. The molecule has 0 rings (SSSR count). The maximum atomic E-state index is 9.00. The number of aliphatic hydroxyl groups is 3. The van der Waals surface area contributed by atoms with Gasteiger partial charge in [-0.25, -0.2) is 19.6 Å². The smallest absolute Gasteiger partial charge is 0.300 e. The van der Waals surface area contributed by atoms with Gasteiger partial charge in [-0.05, 0) is 41.5 Å². The van der Waals surface area contributed by atoms with Crippen molar-refractivity contribution in [2.75, 3.05) is 0 Å². The van der Waals surface area contributed by atoms with Crippen LogP contribution in [-0.2, 0) is 26.5 Å². The van der Waals surface area contributed by atoms with Crippen LogP contribution < -0.4 is 0 Å². The van der Waals surface area contributed by atoms with Crippen molar-refractivity contribution in [2.45, 2.75) is 66.8 Å². The second-order valence-electron chi connectivity index (χ2n) is 4.09. The third-order valence-electron chi connectivity index (χ3n) is 0. The molecule has 0 amide bonds. The summed E-state index contributed by atoms with van der Waals surface area (Å²) in [6, 6.07) is 0. The molecule has 0 heterocycles. The summed E-state index contributed by atoms with van der Waals surface area (Å²) in [5.41, 5.74) is 0. The maximum Gasteiger partial charge on any atom is 0.300 e. The van der Waals surface area contributed by atoms with Crippen LogP contribution in [0.2, 0.25) is 0 Å². The molecular weight excluding hydrogens is 296 g/mol. The van der Waals surface area contributed by atoms with Crippen LogP contribution >= 0.6 is 0 Å². The van der Waals surface area contributed by atoms with E-state index in [0.717, 1.165) is 6.92 Å². The van der Waals surface area contributed by atoms with Crippen molar-refractivity contribution in [1.82, 2.24) is 0 Å².